The molecule has 228 valence electrons. The van der Waals surface area contributed by atoms with E-state index in [1.54, 1.807) is 39.8 Å². The summed E-state index contributed by atoms with van der Waals surface area (Å²) < 4.78 is 109. The number of primary amides is 1. The van der Waals surface area contributed by atoms with Crippen LogP contribution in [0.15, 0.2) is 48.5 Å². The van der Waals surface area contributed by atoms with Gasteiger partial charge >= 0.3 is 12.4 Å². The molecule has 0 aliphatic rings. The van der Waals surface area contributed by atoms with Crippen LogP contribution in [0, 0.1) is 0 Å². The van der Waals surface area contributed by atoms with Crippen LogP contribution in [0.1, 0.15) is 49.2 Å². The van der Waals surface area contributed by atoms with Gasteiger partial charge in [-0.15, -0.1) is 0 Å². The fraction of sp³-hybridized carbons (Fsp3) is 0.345. The Balaban J connectivity index is 2.71. The number of nitrogens with two attached hydrogens (primary N) is 1. The van der Waals surface area contributed by atoms with Gasteiger partial charge in [0.15, 0.2) is 0 Å². The molecule has 13 heteroatoms. The van der Waals surface area contributed by atoms with Gasteiger partial charge in [0.2, 0.25) is 5.91 Å². The molecule has 0 bridgehead atoms. The molecule has 1 amide bonds. The Kier molecular flexibility index (Phi) is 10.6. The van der Waals surface area contributed by atoms with Crippen molar-refractivity contribution in [3.8, 4) is 23.0 Å². The zero-order chi connectivity index (χ0) is 31.2. The topological polar surface area (TPSA) is 80.0 Å². The second-order valence-corrected chi connectivity index (χ2v) is 10.6. The number of benzene rings is 3. The lowest BCUT2D eigenvalue weighted by atomic mass is 10.0. The number of alkyl halides is 6. The van der Waals surface area contributed by atoms with Crippen LogP contribution in [0.2, 0.25) is 0 Å². The lowest BCUT2D eigenvalue weighted by Gasteiger charge is -2.30. The predicted octanol–water partition coefficient (Wildman–Crippen LogP) is 6.18. The average Bonchev–Trinajstić information content (AvgIpc) is 2.90. The van der Waals surface area contributed by atoms with Gasteiger partial charge in [0.1, 0.15) is 23.0 Å². The van der Waals surface area contributed by atoms with E-state index in [-0.39, 0.29) is 66.1 Å². The van der Waals surface area contributed by atoms with E-state index in [4.69, 9.17) is 24.7 Å². The average molecular weight is 618 g/mol. The summed E-state index contributed by atoms with van der Waals surface area (Å²) in [6.07, 6.45) is -10.5. The highest BCUT2D eigenvalue weighted by atomic mass is 31.1. The van der Waals surface area contributed by atoms with Gasteiger partial charge in [-0.1, -0.05) is 12.1 Å². The van der Waals surface area contributed by atoms with Crippen molar-refractivity contribution >= 4 is 29.7 Å². The quantitative estimate of drug-likeness (QED) is 0.194. The van der Waals surface area contributed by atoms with Gasteiger partial charge in [-0.25, -0.2) is 0 Å². The van der Waals surface area contributed by atoms with E-state index in [9.17, 15) is 31.1 Å². The summed E-state index contributed by atoms with van der Waals surface area (Å²) in [7, 11) is -2.65. The number of rotatable bonds is 12. The molecule has 0 atom stereocenters. The molecule has 3 aromatic carbocycles. The van der Waals surface area contributed by atoms with Crippen molar-refractivity contribution in [2.45, 2.75) is 40.0 Å². The fourth-order valence-corrected chi connectivity index (χ4v) is 7.27. The summed E-state index contributed by atoms with van der Waals surface area (Å²) >= 11 is 0. The van der Waals surface area contributed by atoms with Crippen LogP contribution in [-0.4, -0.2) is 32.3 Å². The molecule has 0 aliphatic heterocycles. The fourth-order valence-electron chi connectivity index (χ4n) is 4.31. The molecule has 0 spiro atoms. The number of amides is 1. The van der Waals surface area contributed by atoms with E-state index in [2.05, 4.69) is 0 Å². The monoisotopic (exact) mass is 617 g/mol. The van der Waals surface area contributed by atoms with Gasteiger partial charge in [-0.3, -0.25) is 4.79 Å². The van der Waals surface area contributed by atoms with Crippen LogP contribution in [-0.2, 0) is 12.4 Å². The Labute approximate surface area is 240 Å². The molecular weight excluding hydrogens is 587 g/mol. The Hall–Kier alpha value is -3.66. The summed E-state index contributed by atoms with van der Waals surface area (Å²) in [6, 6.07) is 9.47. The molecule has 0 saturated carbocycles. The summed E-state index contributed by atoms with van der Waals surface area (Å²) in [5.41, 5.74) is 1.23. The first-order valence-electron chi connectivity index (χ1n) is 13.0. The number of carbonyl (C=O) groups is 1. The van der Waals surface area contributed by atoms with E-state index in [1.807, 2.05) is 0 Å². The van der Waals surface area contributed by atoms with Gasteiger partial charge in [0, 0.05) is 18.8 Å². The first-order chi connectivity index (χ1) is 19.8. The first-order valence-corrected chi connectivity index (χ1v) is 14.3. The Bertz CT molecular complexity index is 1300. The maximum Gasteiger partial charge on any atom is 0.417 e. The lowest BCUT2D eigenvalue weighted by Crippen LogP contribution is -2.35. The van der Waals surface area contributed by atoms with Crippen molar-refractivity contribution in [3.05, 3.63) is 65.2 Å². The molecule has 0 heterocycles. The van der Waals surface area contributed by atoms with Crippen LogP contribution in [0.4, 0.5) is 26.3 Å². The van der Waals surface area contributed by atoms with Gasteiger partial charge in [-0.2, -0.15) is 26.3 Å². The van der Waals surface area contributed by atoms with Crippen LogP contribution in [0.3, 0.4) is 0 Å². The highest BCUT2D eigenvalue weighted by Crippen LogP contribution is 2.50. The molecule has 0 aromatic heterocycles. The minimum absolute atomic E-state index is 0.00953. The summed E-state index contributed by atoms with van der Waals surface area (Å²) in [4.78, 5) is 12.8. The van der Waals surface area contributed by atoms with E-state index in [1.165, 1.54) is 24.3 Å². The second-order valence-electron chi connectivity index (χ2n) is 8.55. The summed E-state index contributed by atoms with van der Waals surface area (Å²) in [6.45, 7) is 7.02. The molecule has 0 unspecified atom stereocenters. The molecule has 3 aromatic rings. The standard InChI is InChI=1S/C29H30F6NO5P/c1-5-38-20-11-9-12-21(39-6-2)25(20)42(26-22(40-7-3)13-10-14-23(26)41-8-4)24-18(27(36)37)15-17(28(30,31)32)16-19(24)29(33,34)35/h9-16H,5-8H2,1-4H3,(H2,36,37). The minimum atomic E-state index is -5.33. The van der Waals surface area contributed by atoms with Crippen molar-refractivity contribution in [2.24, 2.45) is 5.73 Å². The van der Waals surface area contributed by atoms with Gasteiger partial charge in [0.25, 0.3) is 0 Å². The van der Waals surface area contributed by atoms with E-state index in [0.717, 1.165) is 0 Å². The number of carbonyl (C=O) groups excluding carboxylic acids is 1. The largest absolute Gasteiger partial charge is 0.493 e. The molecule has 3 rings (SSSR count). The molecule has 42 heavy (non-hydrogen) atoms. The van der Waals surface area contributed by atoms with Crippen molar-refractivity contribution < 1.29 is 50.1 Å². The third kappa shape index (κ3) is 7.03. The third-order valence-electron chi connectivity index (χ3n) is 5.80. The van der Waals surface area contributed by atoms with Crippen LogP contribution >= 0.6 is 7.92 Å². The smallest absolute Gasteiger partial charge is 0.417 e. The zero-order valence-corrected chi connectivity index (χ0v) is 24.2. The van der Waals surface area contributed by atoms with Crippen molar-refractivity contribution in [2.75, 3.05) is 26.4 Å². The Morgan fingerprint density at radius 1 is 0.667 bits per heavy atom. The molecule has 0 saturated heterocycles. The molecule has 0 radical (unpaired) electrons. The Morgan fingerprint density at radius 2 is 1.05 bits per heavy atom. The minimum Gasteiger partial charge on any atom is -0.493 e. The van der Waals surface area contributed by atoms with Crippen LogP contribution < -0.4 is 40.6 Å². The Morgan fingerprint density at radius 3 is 1.33 bits per heavy atom. The van der Waals surface area contributed by atoms with Crippen molar-refractivity contribution in [3.63, 3.8) is 0 Å². The van der Waals surface area contributed by atoms with Crippen molar-refractivity contribution in [1.82, 2.24) is 0 Å². The predicted molar refractivity (Wildman–Crippen MR) is 148 cm³/mol. The number of hydrogen-bond acceptors (Lipinski definition) is 5. The van der Waals surface area contributed by atoms with Crippen LogP contribution in [0.25, 0.3) is 0 Å². The highest BCUT2D eigenvalue weighted by Gasteiger charge is 2.44. The van der Waals surface area contributed by atoms with Crippen molar-refractivity contribution in [1.29, 1.82) is 0 Å². The zero-order valence-electron chi connectivity index (χ0n) is 23.3. The van der Waals surface area contributed by atoms with E-state index < -0.39 is 48.2 Å². The molecule has 0 aliphatic carbocycles. The number of hydrogen-bond donors (Lipinski definition) is 1. The maximum absolute atomic E-state index is 14.8. The third-order valence-corrected chi connectivity index (χ3v) is 8.51. The van der Waals surface area contributed by atoms with Gasteiger partial charge in [0.05, 0.1) is 48.2 Å². The van der Waals surface area contributed by atoms with Gasteiger partial charge < -0.3 is 24.7 Å². The number of ether oxygens (including phenoxy) is 4. The molecule has 0 fully saturated rings. The molecule has 2 N–H and O–H groups in total. The van der Waals surface area contributed by atoms with Gasteiger partial charge in [-0.05, 0) is 64.1 Å². The summed E-state index contributed by atoms with van der Waals surface area (Å²) in [5.74, 6) is -1.06. The molecular formula is C29H30F6NO5P. The highest BCUT2D eigenvalue weighted by molar-refractivity contribution is 7.80. The van der Waals surface area contributed by atoms with E-state index in [0.29, 0.717) is 6.07 Å². The molecule has 6 nitrogen and oxygen atoms in total. The summed E-state index contributed by atoms with van der Waals surface area (Å²) in [5, 5.41) is -0.603. The number of halogens is 6. The van der Waals surface area contributed by atoms with Crippen LogP contribution in [0.5, 0.6) is 23.0 Å². The maximum atomic E-state index is 14.8. The normalized spacial score (nSPS) is 11.9. The second kappa shape index (κ2) is 13.5. The SMILES string of the molecule is CCOc1cccc(OCC)c1P(c1c(OCC)cccc1OCC)c1c(C(N)=O)cc(C(F)(F)F)cc1C(F)(F)F. The first kappa shape index (κ1) is 32.8. The lowest BCUT2D eigenvalue weighted by molar-refractivity contribution is -0.142. The van der Waals surface area contributed by atoms with E-state index >= 15 is 0 Å².